The number of sulfonamides is 1. The Balaban J connectivity index is 2.81. The van der Waals surface area contributed by atoms with Crippen molar-refractivity contribution in [2.45, 2.75) is 4.90 Å². The van der Waals surface area contributed by atoms with Gasteiger partial charge in [0.2, 0.25) is 10.0 Å². The molecule has 0 aromatic heterocycles. The average molecular weight is 323 g/mol. The molecule has 0 fully saturated rings. The van der Waals surface area contributed by atoms with Crippen molar-refractivity contribution < 1.29 is 12.8 Å². The molecule has 4 nitrogen and oxygen atoms in total. The van der Waals surface area contributed by atoms with Crippen LogP contribution in [0.15, 0.2) is 17.0 Å². The fourth-order valence-corrected chi connectivity index (χ4v) is 3.32. The van der Waals surface area contributed by atoms with Gasteiger partial charge in [0.1, 0.15) is 4.90 Å². The van der Waals surface area contributed by atoms with Gasteiger partial charge in [0.25, 0.3) is 0 Å². The zero-order valence-corrected chi connectivity index (χ0v) is 12.2. The molecule has 0 spiro atoms. The molecule has 3 N–H and O–H groups in total. The van der Waals surface area contributed by atoms with Gasteiger partial charge in [0, 0.05) is 18.0 Å². The fraction of sp³-hybridized carbons (Fsp3) is 0.273. The number of benzene rings is 1. The Hall–Kier alpha value is -0.940. The number of hydrogen-bond acceptors (Lipinski definition) is 4. The van der Waals surface area contributed by atoms with E-state index in [2.05, 4.69) is 10.6 Å². The van der Waals surface area contributed by atoms with Gasteiger partial charge in [-0.15, -0.1) is 18.2 Å². The first kappa shape index (κ1) is 16.1. The van der Waals surface area contributed by atoms with Crippen LogP contribution < -0.4 is 10.5 Å². The van der Waals surface area contributed by atoms with Crippen molar-refractivity contribution in [2.75, 3.05) is 23.8 Å². The van der Waals surface area contributed by atoms with Gasteiger partial charge in [-0.2, -0.15) is 0 Å². The summed E-state index contributed by atoms with van der Waals surface area (Å²) in [6.07, 6.45) is 5.05. The highest BCUT2D eigenvalue weighted by Gasteiger charge is 2.21. The van der Waals surface area contributed by atoms with Crippen molar-refractivity contribution in [1.82, 2.24) is 4.72 Å². The Morgan fingerprint density at radius 3 is 2.84 bits per heavy atom. The van der Waals surface area contributed by atoms with Crippen LogP contribution >= 0.6 is 23.4 Å². The molecule has 0 amide bonds. The quantitative estimate of drug-likeness (QED) is 0.475. The van der Waals surface area contributed by atoms with Crippen LogP contribution in [0.3, 0.4) is 0 Å². The highest BCUT2D eigenvalue weighted by atomic mass is 35.5. The SMILES string of the molecule is C#CCSCCNS(=O)(=O)c1cc(N)cc(Cl)c1F. The largest absolute Gasteiger partial charge is 0.399 e. The molecule has 0 saturated carbocycles. The molecule has 1 aromatic carbocycles. The number of halogens is 2. The van der Waals surface area contributed by atoms with E-state index < -0.39 is 20.7 Å². The maximum absolute atomic E-state index is 13.7. The average Bonchev–Trinajstić information content (AvgIpc) is 2.33. The first-order valence-corrected chi connectivity index (χ1v) is 8.15. The van der Waals surface area contributed by atoms with Crippen LogP contribution in [0.2, 0.25) is 5.02 Å². The molecule has 19 heavy (non-hydrogen) atoms. The van der Waals surface area contributed by atoms with Crippen molar-refractivity contribution >= 4 is 39.1 Å². The molecule has 0 heterocycles. The van der Waals surface area contributed by atoms with E-state index in [0.717, 1.165) is 12.1 Å². The van der Waals surface area contributed by atoms with Gasteiger partial charge in [0.15, 0.2) is 5.82 Å². The van der Waals surface area contributed by atoms with Crippen molar-refractivity contribution in [3.8, 4) is 12.3 Å². The molecule has 0 radical (unpaired) electrons. The zero-order chi connectivity index (χ0) is 14.5. The van der Waals surface area contributed by atoms with E-state index in [9.17, 15) is 12.8 Å². The number of anilines is 1. The Bertz CT molecular complexity index is 599. The van der Waals surface area contributed by atoms with Crippen LogP contribution in [-0.4, -0.2) is 26.5 Å². The van der Waals surface area contributed by atoms with Gasteiger partial charge < -0.3 is 5.73 Å². The van der Waals surface area contributed by atoms with E-state index in [1.54, 1.807) is 0 Å². The summed E-state index contributed by atoms with van der Waals surface area (Å²) in [6, 6.07) is 2.18. The van der Waals surface area contributed by atoms with Crippen molar-refractivity contribution in [3.63, 3.8) is 0 Å². The Kier molecular flexibility index (Phi) is 5.94. The van der Waals surface area contributed by atoms with Gasteiger partial charge in [-0.3, -0.25) is 0 Å². The minimum absolute atomic E-state index is 0.0773. The Labute approximate surface area is 120 Å². The standard InChI is InChI=1S/C11H12ClFN2O2S2/c1-2-4-18-5-3-15-19(16,17)10-7-8(14)6-9(12)11(10)13/h1,6-7,15H,3-5,14H2. The van der Waals surface area contributed by atoms with E-state index in [0.29, 0.717) is 11.5 Å². The first-order valence-electron chi connectivity index (χ1n) is 5.14. The van der Waals surface area contributed by atoms with Crippen molar-refractivity contribution in [3.05, 3.63) is 23.0 Å². The lowest BCUT2D eigenvalue weighted by Crippen LogP contribution is -2.27. The van der Waals surface area contributed by atoms with Gasteiger partial charge in [-0.05, 0) is 12.1 Å². The third kappa shape index (κ3) is 4.58. The summed E-state index contributed by atoms with van der Waals surface area (Å²) in [5.74, 6) is 2.37. The summed E-state index contributed by atoms with van der Waals surface area (Å²) in [6.45, 7) is 0.139. The molecule has 0 atom stereocenters. The monoisotopic (exact) mass is 322 g/mol. The molecule has 0 unspecified atom stereocenters. The molecule has 0 bridgehead atoms. The molecule has 8 heteroatoms. The van der Waals surface area contributed by atoms with Crippen LogP contribution in [0.25, 0.3) is 0 Å². The molecule has 1 rings (SSSR count). The topological polar surface area (TPSA) is 72.2 Å². The lowest BCUT2D eigenvalue weighted by molar-refractivity contribution is 0.559. The van der Waals surface area contributed by atoms with Gasteiger partial charge >= 0.3 is 0 Å². The van der Waals surface area contributed by atoms with Crippen molar-refractivity contribution in [1.29, 1.82) is 0 Å². The van der Waals surface area contributed by atoms with Crippen LogP contribution in [0, 0.1) is 18.2 Å². The molecule has 1 aromatic rings. The number of nitrogens with one attached hydrogen (secondary N) is 1. The number of thioether (sulfide) groups is 1. The second kappa shape index (κ2) is 7.01. The minimum Gasteiger partial charge on any atom is -0.399 e. The summed E-state index contributed by atoms with van der Waals surface area (Å²) in [7, 11) is -3.98. The number of rotatable bonds is 6. The predicted molar refractivity (Wildman–Crippen MR) is 77.2 cm³/mol. The highest BCUT2D eigenvalue weighted by Crippen LogP contribution is 2.25. The van der Waals surface area contributed by atoms with Crippen LogP contribution in [0.5, 0.6) is 0 Å². The predicted octanol–water partition coefficient (Wildman–Crippen LogP) is 1.71. The summed E-state index contributed by atoms with van der Waals surface area (Å²) >= 11 is 6.95. The number of nitrogens with two attached hydrogens (primary N) is 1. The normalized spacial score (nSPS) is 11.2. The smallest absolute Gasteiger partial charge is 0.243 e. The summed E-state index contributed by atoms with van der Waals surface area (Å²) in [5.41, 5.74) is 5.53. The van der Waals surface area contributed by atoms with E-state index in [-0.39, 0.29) is 17.3 Å². The van der Waals surface area contributed by atoms with Gasteiger partial charge in [-0.25, -0.2) is 17.5 Å². The molecule has 0 aliphatic rings. The molecule has 0 saturated heterocycles. The lowest BCUT2D eigenvalue weighted by Gasteiger charge is -2.09. The number of terminal acetylenes is 1. The summed E-state index contributed by atoms with van der Waals surface area (Å²) in [5, 5.41) is -0.331. The molecule has 0 aliphatic carbocycles. The van der Waals surface area contributed by atoms with E-state index in [1.807, 2.05) is 0 Å². The summed E-state index contributed by atoms with van der Waals surface area (Å²) in [4.78, 5) is -0.556. The maximum atomic E-state index is 13.7. The summed E-state index contributed by atoms with van der Waals surface area (Å²) < 4.78 is 39.7. The second-order valence-corrected chi connectivity index (χ2v) is 6.72. The molecule has 104 valence electrons. The first-order chi connectivity index (χ1) is 8.88. The third-order valence-corrected chi connectivity index (χ3v) is 4.63. The fourth-order valence-electron chi connectivity index (χ4n) is 1.24. The number of nitrogen functional groups attached to an aromatic ring is 1. The third-order valence-electron chi connectivity index (χ3n) is 2.03. The Morgan fingerprint density at radius 1 is 1.53 bits per heavy atom. The zero-order valence-electron chi connectivity index (χ0n) is 9.82. The van der Waals surface area contributed by atoms with E-state index in [4.69, 9.17) is 23.8 Å². The Morgan fingerprint density at radius 2 is 2.21 bits per heavy atom. The maximum Gasteiger partial charge on any atom is 0.243 e. The molecular weight excluding hydrogens is 311 g/mol. The number of hydrogen-bond donors (Lipinski definition) is 2. The minimum atomic E-state index is -3.98. The highest BCUT2D eigenvalue weighted by molar-refractivity contribution is 7.99. The van der Waals surface area contributed by atoms with E-state index >= 15 is 0 Å². The lowest BCUT2D eigenvalue weighted by atomic mass is 10.3. The van der Waals surface area contributed by atoms with Gasteiger partial charge in [-0.1, -0.05) is 17.5 Å². The van der Waals surface area contributed by atoms with Crippen LogP contribution in [0.4, 0.5) is 10.1 Å². The molecule has 0 aliphatic heterocycles. The van der Waals surface area contributed by atoms with Gasteiger partial charge in [0.05, 0.1) is 10.8 Å². The van der Waals surface area contributed by atoms with Crippen LogP contribution in [0.1, 0.15) is 0 Å². The van der Waals surface area contributed by atoms with E-state index in [1.165, 1.54) is 11.8 Å². The van der Waals surface area contributed by atoms with Crippen molar-refractivity contribution in [2.24, 2.45) is 0 Å². The molecular formula is C11H12ClFN2O2S2. The van der Waals surface area contributed by atoms with Crippen LogP contribution in [-0.2, 0) is 10.0 Å². The second-order valence-electron chi connectivity index (χ2n) is 3.47.